The summed E-state index contributed by atoms with van der Waals surface area (Å²) in [5, 5.41) is 0.630. The first-order valence-corrected chi connectivity index (χ1v) is 3.86. The molecule has 0 fully saturated rings. The predicted octanol–water partition coefficient (Wildman–Crippen LogP) is 0.909. The summed E-state index contributed by atoms with van der Waals surface area (Å²) < 4.78 is 4.04. The van der Waals surface area contributed by atoms with Crippen molar-refractivity contribution < 1.29 is 0 Å². The second-order valence-electron chi connectivity index (χ2n) is 0.960. The molecule has 1 unspecified atom stereocenters. The van der Waals surface area contributed by atoms with E-state index in [0.29, 0.717) is 5.17 Å². The van der Waals surface area contributed by atoms with E-state index in [4.69, 9.17) is 5.73 Å². The Kier molecular flexibility index (Phi) is 1.77. The Balaban J connectivity index is 2.42. The van der Waals surface area contributed by atoms with E-state index in [0.717, 1.165) is 0 Å². The van der Waals surface area contributed by atoms with Crippen molar-refractivity contribution in [2.45, 2.75) is 3.91 Å². The van der Waals surface area contributed by atoms with Crippen molar-refractivity contribution in [1.29, 1.82) is 0 Å². The van der Waals surface area contributed by atoms with Crippen LogP contribution in [-0.4, -0.2) is 9.08 Å². The summed E-state index contributed by atoms with van der Waals surface area (Å²) in [5.41, 5.74) is 5.27. The summed E-state index contributed by atoms with van der Waals surface area (Å²) in [5.74, 6) is 0. The van der Waals surface area contributed by atoms with Gasteiger partial charge in [0.25, 0.3) is 0 Å². The minimum atomic E-state index is 0.222. The molecule has 2 N–H and O–H groups in total. The third-order valence-corrected chi connectivity index (χ3v) is 2.73. The topological polar surface area (TPSA) is 38.4 Å². The van der Waals surface area contributed by atoms with Crippen LogP contribution in [0, 0.1) is 0 Å². The van der Waals surface area contributed by atoms with Gasteiger partial charge in [0.05, 0.1) is 0 Å². The van der Waals surface area contributed by atoms with Gasteiger partial charge in [0.1, 0.15) is 3.91 Å². The summed E-state index contributed by atoms with van der Waals surface area (Å²) in [6.07, 6.45) is 0. The van der Waals surface area contributed by atoms with E-state index in [1.54, 1.807) is 0 Å². The summed E-state index contributed by atoms with van der Waals surface area (Å²) in [4.78, 5) is 0. The van der Waals surface area contributed by atoms with Crippen LogP contribution in [0.15, 0.2) is 4.40 Å². The largest absolute Gasteiger partial charge is 0.378 e. The number of thioether (sulfide) groups is 1. The Hall–Kier alpha value is 0.520. The van der Waals surface area contributed by atoms with Crippen molar-refractivity contribution >= 4 is 41.5 Å². The van der Waals surface area contributed by atoms with E-state index in [-0.39, 0.29) is 3.91 Å². The summed E-state index contributed by atoms with van der Waals surface area (Å²) in [7, 11) is 0. The molecule has 0 aromatic heterocycles. The Labute approximate surface area is 55.9 Å². The van der Waals surface area contributed by atoms with Gasteiger partial charge in [-0.2, -0.15) is 17.0 Å². The van der Waals surface area contributed by atoms with Crippen LogP contribution in [-0.2, 0) is 0 Å². The first kappa shape index (κ1) is 5.65. The van der Waals surface area contributed by atoms with Gasteiger partial charge >= 0.3 is 0 Å². The SMILES string of the molecule is NC1=NSC(S)S1. The lowest BCUT2D eigenvalue weighted by Crippen LogP contribution is -2.02. The number of nitrogens with two attached hydrogens (primary N) is 1. The molecular weight excluding hydrogens is 148 g/mol. The highest BCUT2D eigenvalue weighted by Gasteiger charge is 2.12. The van der Waals surface area contributed by atoms with Gasteiger partial charge in [-0.1, -0.05) is 11.8 Å². The maximum absolute atomic E-state index is 5.27. The summed E-state index contributed by atoms with van der Waals surface area (Å²) >= 11 is 6.95. The molecule has 0 radical (unpaired) electrons. The minimum absolute atomic E-state index is 0.222. The second-order valence-corrected chi connectivity index (χ2v) is 4.46. The molecule has 1 rings (SSSR count). The molecule has 5 heteroatoms. The molecule has 1 aliphatic heterocycles. The van der Waals surface area contributed by atoms with Gasteiger partial charge in [-0.15, -0.1) is 0 Å². The highest BCUT2D eigenvalue weighted by molar-refractivity contribution is 8.35. The average Bonchev–Trinajstić information content (AvgIpc) is 1.87. The molecule has 0 amide bonds. The molecule has 1 aliphatic rings. The summed E-state index contributed by atoms with van der Waals surface area (Å²) in [6, 6.07) is 0. The highest BCUT2D eigenvalue weighted by atomic mass is 32.3. The van der Waals surface area contributed by atoms with Crippen molar-refractivity contribution in [2.24, 2.45) is 10.1 Å². The third kappa shape index (κ3) is 1.47. The Morgan fingerprint density at radius 1 is 1.86 bits per heavy atom. The summed E-state index contributed by atoms with van der Waals surface area (Å²) in [6.45, 7) is 0. The predicted molar refractivity (Wildman–Crippen MR) is 39.6 cm³/mol. The number of amidine groups is 1. The van der Waals surface area contributed by atoms with Gasteiger partial charge in [-0.25, -0.2) is 0 Å². The minimum Gasteiger partial charge on any atom is -0.378 e. The second kappa shape index (κ2) is 2.19. The Morgan fingerprint density at radius 3 is 2.71 bits per heavy atom. The number of rotatable bonds is 0. The van der Waals surface area contributed by atoms with Gasteiger partial charge in [-0.3, -0.25) is 0 Å². The molecule has 2 nitrogen and oxygen atoms in total. The van der Waals surface area contributed by atoms with Crippen LogP contribution in [0.25, 0.3) is 0 Å². The molecule has 0 bridgehead atoms. The van der Waals surface area contributed by atoms with Crippen LogP contribution in [0.5, 0.6) is 0 Å². The normalized spacial score (nSPS) is 30.4. The van der Waals surface area contributed by atoms with E-state index in [1.807, 2.05) is 0 Å². The Bertz CT molecular complexity index is 101. The number of hydrogen-bond donors (Lipinski definition) is 2. The van der Waals surface area contributed by atoms with Crippen LogP contribution < -0.4 is 5.73 Å². The van der Waals surface area contributed by atoms with Crippen LogP contribution >= 0.6 is 36.3 Å². The fourth-order valence-electron chi connectivity index (χ4n) is 0.243. The maximum Gasteiger partial charge on any atom is 0.168 e. The average molecular weight is 152 g/mol. The van der Waals surface area contributed by atoms with Gasteiger partial charge in [-0.05, 0) is 0 Å². The number of thiol groups is 1. The molecule has 40 valence electrons. The Morgan fingerprint density at radius 2 is 2.57 bits per heavy atom. The van der Waals surface area contributed by atoms with Gasteiger partial charge in [0, 0.05) is 11.9 Å². The van der Waals surface area contributed by atoms with Crippen LogP contribution in [0.4, 0.5) is 0 Å². The van der Waals surface area contributed by atoms with Crippen molar-refractivity contribution in [2.75, 3.05) is 0 Å². The maximum atomic E-state index is 5.27. The van der Waals surface area contributed by atoms with Gasteiger partial charge in [0.15, 0.2) is 5.17 Å². The number of nitrogens with zero attached hydrogens (tertiary/aromatic N) is 1. The smallest absolute Gasteiger partial charge is 0.168 e. The van der Waals surface area contributed by atoms with Gasteiger partial charge in [0.2, 0.25) is 0 Å². The fraction of sp³-hybridized carbons (Fsp3) is 0.500. The molecule has 0 saturated carbocycles. The van der Waals surface area contributed by atoms with E-state index < -0.39 is 0 Å². The van der Waals surface area contributed by atoms with E-state index in [9.17, 15) is 0 Å². The first-order chi connectivity index (χ1) is 3.29. The molecule has 0 aliphatic carbocycles. The lowest BCUT2D eigenvalue weighted by Gasteiger charge is -1.89. The number of hydrogen-bond acceptors (Lipinski definition) is 5. The van der Waals surface area contributed by atoms with E-state index in [1.165, 1.54) is 23.7 Å². The zero-order chi connectivity index (χ0) is 5.28. The standard InChI is InChI=1S/C2H4N2S3/c3-1-4-7-2(5)6-1/h2,5H,(H2,3,4). The molecule has 1 atom stereocenters. The molecule has 1 heterocycles. The van der Waals surface area contributed by atoms with Crippen molar-refractivity contribution in [1.82, 2.24) is 0 Å². The van der Waals surface area contributed by atoms with Crippen LogP contribution in [0.1, 0.15) is 0 Å². The fourth-order valence-corrected chi connectivity index (χ4v) is 2.01. The van der Waals surface area contributed by atoms with Crippen LogP contribution in [0.2, 0.25) is 0 Å². The van der Waals surface area contributed by atoms with E-state index >= 15 is 0 Å². The zero-order valence-electron chi connectivity index (χ0n) is 3.37. The third-order valence-electron chi connectivity index (χ3n) is 0.454. The molecular formula is C2H4N2S3. The van der Waals surface area contributed by atoms with E-state index in [2.05, 4.69) is 17.0 Å². The highest BCUT2D eigenvalue weighted by Crippen LogP contribution is 2.34. The quantitative estimate of drug-likeness (QED) is 0.400. The first-order valence-electron chi connectivity index (χ1n) is 1.63. The lowest BCUT2D eigenvalue weighted by atomic mass is 11.4. The molecule has 0 saturated heterocycles. The van der Waals surface area contributed by atoms with Crippen molar-refractivity contribution in [3.8, 4) is 0 Å². The van der Waals surface area contributed by atoms with Crippen molar-refractivity contribution in [3.05, 3.63) is 0 Å². The van der Waals surface area contributed by atoms with Crippen molar-refractivity contribution in [3.63, 3.8) is 0 Å². The molecule has 0 aromatic rings. The monoisotopic (exact) mass is 152 g/mol. The zero-order valence-corrected chi connectivity index (χ0v) is 5.89. The molecule has 0 spiro atoms. The lowest BCUT2D eigenvalue weighted by molar-refractivity contribution is 1.77. The van der Waals surface area contributed by atoms with Crippen LogP contribution in [0.3, 0.4) is 0 Å². The molecule has 7 heavy (non-hydrogen) atoms. The molecule has 0 aromatic carbocycles. The van der Waals surface area contributed by atoms with Gasteiger partial charge < -0.3 is 5.73 Å².